The van der Waals surface area contributed by atoms with E-state index in [1.807, 2.05) is 58.0 Å². The number of amides is 4. The SMILES string of the molecule is CC(C)C1C(=O)NCCCCCC(=O)NCCSCCNC(=O)CC(C)(C)CC(=O)N1Cc1ccccc1. The minimum atomic E-state index is -0.631. The number of rotatable bonds is 3. The van der Waals surface area contributed by atoms with Crippen LogP contribution in [-0.4, -0.2) is 65.7 Å². The Morgan fingerprint density at radius 1 is 0.868 bits per heavy atom. The molecule has 0 aliphatic carbocycles. The third-order valence-corrected chi connectivity index (χ3v) is 7.52. The van der Waals surface area contributed by atoms with Crippen molar-refractivity contribution in [3.05, 3.63) is 35.9 Å². The molecule has 0 saturated carbocycles. The van der Waals surface area contributed by atoms with Crippen LogP contribution in [0.1, 0.15) is 71.8 Å². The van der Waals surface area contributed by atoms with E-state index in [4.69, 9.17) is 0 Å². The first-order valence-electron chi connectivity index (χ1n) is 13.8. The minimum absolute atomic E-state index is 0.0437. The molecule has 212 valence electrons. The van der Waals surface area contributed by atoms with Gasteiger partial charge in [-0.05, 0) is 29.7 Å². The molecule has 38 heavy (non-hydrogen) atoms. The minimum Gasteiger partial charge on any atom is -0.355 e. The third-order valence-electron chi connectivity index (χ3n) is 6.54. The monoisotopic (exact) mass is 546 g/mol. The summed E-state index contributed by atoms with van der Waals surface area (Å²) < 4.78 is 0. The van der Waals surface area contributed by atoms with Crippen LogP contribution in [0.3, 0.4) is 0 Å². The van der Waals surface area contributed by atoms with Gasteiger partial charge in [0.05, 0.1) is 0 Å². The lowest BCUT2D eigenvalue weighted by Gasteiger charge is -2.36. The number of hydrogen-bond donors (Lipinski definition) is 3. The highest BCUT2D eigenvalue weighted by atomic mass is 32.2. The van der Waals surface area contributed by atoms with E-state index in [1.54, 1.807) is 16.7 Å². The van der Waals surface area contributed by atoms with Gasteiger partial charge in [-0.2, -0.15) is 11.8 Å². The Morgan fingerprint density at radius 3 is 2.18 bits per heavy atom. The van der Waals surface area contributed by atoms with E-state index in [2.05, 4.69) is 16.0 Å². The van der Waals surface area contributed by atoms with Crippen molar-refractivity contribution in [1.29, 1.82) is 0 Å². The van der Waals surface area contributed by atoms with Gasteiger partial charge in [-0.15, -0.1) is 0 Å². The van der Waals surface area contributed by atoms with Gasteiger partial charge in [0, 0.05) is 56.9 Å². The summed E-state index contributed by atoms with van der Waals surface area (Å²) in [4.78, 5) is 53.5. The van der Waals surface area contributed by atoms with Crippen molar-refractivity contribution in [2.24, 2.45) is 11.3 Å². The summed E-state index contributed by atoms with van der Waals surface area (Å²) in [7, 11) is 0. The molecular weight excluding hydrogens is 500 g/mol. The molecule has 0 aromatic heterocycles. The lowest BCUT2D eigenvalue weighted by Crippen LogP contribution is -2.52. The normalized spacial score (nSPS) is 22.0. The zero-order chi connectivity index (χ0) is 28.0. The second-order valence-electron chi connectivity index (χ2n) is 11.1. The summed E-state index contributed by atoms with van der Waals surface area (Å²) in [6.45, 7) is 9.72. The van der Waals surface area contributed by atoms with Crippen molar-refractivity contribution < 1.29 is 19.2 Å². The van der Waals surface area contributed by atoms with Gasteiger partial charge in [0.15, 0.2) is 0 Å². The van der Waals surface area contributed by atoms with Crippen LogP contribution in [-0.2, 0) is 25.7 Å². The maximum absolute atomic E-state index is 13.8. The number of thioether (sulfide) groups is 1. The van der Waals surface area contributed by atoms with E-state index in [0.29, 0.717) is 32.6 Å². The molecule has 0 bridgehead atoms. The molecule has 9 heteroatoms. The van der Waals surface area contributed by atoms with Crippen LogP contribution in [0.5, 0.6) is 0 Å². The second-order valence-corrected chi connectivity index (χ2v) is 12.4. The van der Waals surface area contributed by atoms with Crippen LogP contribution in [0.2, 0.25) is 0 Å². The maximum Gasteiger partial charge on any atom is 0.243 e. The van der Waals surface area contributed by atoms with E-state index in [1.165, 1.54) is 0 Å². The molecule has 1 atom stereocenters. The smallest absolute Gasteiger partial charge is 0.243 e. The summed E-state index contributed by atoms with van der Waals surface area (Å²) in [6, 6.07) is 9.05. The summed E-state index contributed by atoms with van der Waals surface area (Å²) in [5.74, 6) is 1.11. The first kappa shape index (κ1) is 31.7. The molecule has 1 fully saturated rings. The van der Waals surface area contributed by atoms with E-state index in [9.17, 15) is 19.2 Å². The molecule has 1 saturated heterocycles. The lowest BCUT2D eigenvalue weighted by molar-refractivity contribution is -0.145. The maximum atomic E-state index is 13.8. The Hall–Kier alpha value is -2.55. The van der Waals surface area contributed by atoms with Crippen LogP contribution >= 0.6 is 11.8 Å². The average Bonchev–Trinajstić information content (AvgIpc) is 2.84. The van der Waals surface area contributed by atoms with Gasteiger partial charge >= 0.3 is 0 Å². The summed E-state index contributed by atoms with van der Waals surface area (Å²) in [5.41, 5.74) is 0.384. The molecular formula is C29H46N4O4S. The predicted molar refractivity (Wildman–Crippen MR) is 153 cm³/mol. The van der Waals surface area contributed by atoms with Crippen molar-refractivity contribution in [1.82, 2.24) is 20.9 Å². The summed E-state index contributed by atoms with van der Waals surface area (Å²) in [6.07, 6.45) is 3.24. The first-order valence-corrected chi connectivity index (χ1v) is 15.0. The molecule has 0 spiro atoms. The number of nitrogens with zero attached hydrogens (tertiary/aromatic N) is 1. The van der Waals surface area contributed by atoms with E-state index >= 15 is 0 Å². The van der Waals surface area contributed by atoms with E-state index < -0.39 is 11.5 Å². The molecule has 2 rings (SSSR count). The van der Waals surface area contributed by atoms with Crippen LogP contribution in [0.15, 0.2) is 30.3 Å². The fourth-order valence-electron chi connectivity index (χ4n) is 4.62. The fourth-order valence-corrected chi connectivity index (χ4v) is 5.31. The largest absolute Gasteiger partial charge is 0.355 e. The molecule has 8 nitrogen and oxygen atoms in total. The van der Waals surface area contributed by atoms with Gasteiger partial charge in [0.2, 0.25) is 23.6 Å². The Bertz CT molecular complexity index is 907. The van der Waals surface area contributed by atoms with Gasteiger partial charge in [-0.25, -0.2) is 0 Å². The number of carbonyl (C=O) groups is 4. The summed E-state index contributed by atoms with van der Waals surface area (Å²) in [5, 5.41) is 8.92. The van der Waals surface area contributed by atoms with Crippen LogP contribution in [0.4, 0.5) is 0 Å². The van der Waals surface area contributed by atoms with Crippen LogP contribution in [0.25, 0.3) is 0 Å². The van der Waals surface area contributed by atoms with E-state index in [-0.39, 0.29) is 42.4 Å². The molecule has 1 heterocycles. The summed E-state index contributed by atoms with van der Waals surface area (Å²) >= 11 is 1.69. The van der Waals surface area contributed by atoms with Crippen molar-refractivity contribution >= 4 is 35.4 Å². The van der Waals surface area contributed by atoms with Crippen LogP contribution < -0.4 is 16.0 Å². The van der Waals surface area contributed by atoms with Gasteiger partial charge in [0.1, 0.15) is 6.04 Å². The zero-order valence-electron chi connectivity index (χ0n) is 23.5. The molecule has 1 aliphatic heterocycles. The Kier molecular flexibility index (Phi) is 13.7. The second kappa shape index (κ2) is 16.4. The standard InChI is InChI=1S/C29H46N4O4S/c1-22(2)27-28(37)32-14-10-6-9-13-24(34)30-15-17-38-18-16-31-25(35)19-29(3,4)20-26(36)33(27)21-23-11-7-5-8-12-23/h5,7-8,11-12,22,27H,6,9-10,13-21H2,1-4H3,(H,30,34)(H,31,35)(H,32,37). The van der Waals surface area contributed by atoms with Crippen molar-refractivity contribution in [3.63, 3.8) is 0 Å². The van der Waals surface area contributed by atoms with Gasteiger partial charge in [-0.3, -0.25) is 19.2 Å². The molecule has 1 unspecified atom stereocenters. The van der Waals surface area contributed by atoms with Crippen molar-refractivity contribution in [2.45, 2.75) is 78.8 Å². The molecule has 4 amide bonds. The van der Waals surface area contributed by atoms with Crippen molar-refractivity contribution in [3.8, 4) is 0 Å². The molecule has 1 aromatic carbocycles. The topological polar surface area (TPSA) is 108 Å². The highest BCUT2D eigenvalue weighted by molar-refractivity contribution is 7.99. The van der Waals surface area contributed by atoms with Crippen LogP contribution in [0, 0.1) is 11.3 Å². The molecule has 1 aliphatic rings. The third kappa shape index (κ3) is 11.9. The predicted octanol–water partition coefficient (Wildman–Crippen LogP) is 3.50. The van der Waals surface area contributed by atoms with E-state index in [0.717, 1.165) is 36.3 Å². The fraction of sp³-hybridized carbons (Fsp3) is 0.655. The van der Waals surface area contributed by atoms with Crippen molar-refractivity contribution in [2.75, 3.05) is 31.1 Å². The number of hydrogen-bond acceptors (Lipinski definition) is 5. The zero-order valence-corrected chi connectivity index (χ0v) is 24.3. The van der Waals surface area contributed by atoms with Gasteiger partial charge in [-0.1, -0.05) is 64.4 Å². The Balaban J connectivity index is 2.21. The van der Waals surface area contributed by atoms with Gasteiger partial charge in [0.25, 0.3) is 0 Å². The Labute approximate surface area is 232 Å². The first-order chi connectivity index (χ1) is 18.1. The number of benzene rings is 1. The lowest BCUT2D eigenvalue weighted by atomic mass is 9.84. The highest BCUT2D eigenvalue weighted by Gasteiger charge is 2.35. The highest BCUT2D eigenvalue weighted by Crippen LogP contribution is 2.28. The number of carbonyl (C=O) groups excluding carboxylic acids is 4. The molecule has 0 radical (unpaired) electrons. The Morgan fingerprint density at radius 2 is 1.53 bits per heavy atom. The molecule has 3 N–H and O–H groups in total. The quantitative estimate of drug-likeness (QED) is 0.538. The number of nitrogens with one attached hydrogen (secondary N) is 3. The van der Waals surface area contributed by atoms with Gasteiger partial charge < -0.3 is 20.9 Å². The molecule has 1 aromatic rings. The average molecular weight is 547 g/mol.